The summed E-state index contributed by atoms with van der Waals surface area (Å²) in [7, 11) is 0. The van der Waals surface area contributed by atoms with E-state index in [0.29, 0.717) is 35.5 Å². The molecule has 0 atom stereocenters. The van der Waals surface area contributed by atoms with Crippen molar-refractivity contribution in [2.24, 2.45) is 0 Å². The molecule has 148 valence electrons. The number of ether oxygens (including phenoxy) is 1. The van der Waals surface area contributed by atoms with E-state index in [9.17, 15) is 14.4 Å². The molecule has 2 amide bonds. The highest BCUT2D eigenvalue weighted by Gasteiger charge is 2.34. The zero-order chi connectivity index (χ0) is 19.9. The molecule has 1 fully saturated rings. The Balaban J connectivity index is 1.43. The molecule has 2 aromatic heterocycles. The van der Waals surface area contributed by atoms with Gasteiger partial charge in [-0.15, -0.1) is 0 Å². The van der Waals surface area contributed by atoms with Crippen LogP contribution in [0.4, 0.5) is 4.79 Å². The second-order valence-electron chi connectivity index (χ2n) is 6.46. The van der Waals surface area contributed by atoms with Crippen LogP contribution in [0.1, 0.15) is 49.4 Å². The van der Waals surface area contributed by atoms with E-state index in [2.05, 4.69) is 11.9 Å². The molecule has 0 aromatic carbocycles. The lowest BCUT2D eigenvalue weighted by atomic mass is 10.2. The molecule has 0 spiro atoms. The van der Waals surface area contributed by atoms with Gasteiger partial charge in [0.25, 0.3) is 11.1 Å². The van der Waals surface area contributed by atoms with Crippen LogP contribution in [0, 0.1) is 0 Å². The second-order valence-corrected chi connectivity index (χ2v) is 7.45. The predicted octanol–water partition coefficient (Wildman–Crippen LogP) is 4.04. The Hall–Kier alpha value is -2.61. The Morgan fingerprint density at radius 1 is 1.25 bits per heavy atom. The Morgan fingerprint density at radius 3 is 2.93 bits per heavy atom. The lowest BCUT2D eigenvalue weighted by Gasteiger charge is -2.12. The molecular weight excluding hydrogens is 378 g/mol. The molecule has 0 unspecified atom stereocenters. The minimum absolute atomic E-state index is 0.214. The van der Waals surface area contributed by atoms with Crippen molar-refractivity contribution in [3.63, 3.8) is 0 Å². The van der Waals surface area contributed by atoms with Crippen LogP contribution >= 0.6 is 11.8 Å². The van der Waals surface area contributed by atoms with Crippen molar-refractivity contribution in [1.29, 1.82) is 0 Å². The number of rotatable bonds is 9. The zero-order valence-corrected chi connectivity index (χ0v) is 16.6. The molecule has 0 N–H and O–H groups in total. The molecular formula is C20H23N3O4S. The van der Waals surface area contributed by atoms with Gasteiger partial charge in [-0.05, 0) is 43.2 Å². The van der Waals surface area contributed by atoms with Gasteiger partial charge in [0.05, 0.1) is 11.5 Å². The van der Waals surface area contributed by atoms with Gasteiger partial charge in [-0.25, -0.2) is 9.78 Å². The first kappa shape index (κ1) is 20.1. The number of carbonyl (C=O) groups is 3. The van der Waals surface area contributed by atoms with Crippen molar-refractivity contribution in [3.05, 3.63) is 47.3 Å². The molecule has 0 radical (unpaired) electrons. The Kier molecular flexibility index (Phi) is 6.86. The van der Waals surface area contributed by atoms with E-state index in [1.54, 1.807) is 28.9 Å². The average molecular weight is 401 g/mol. The summed E-state index contributed by atoms with van der Waals surface area (Å²) in [6.45, 7) is 2.65. The topological polar surface area (TPSA) is 81.0 Å². The number of fused-ring (bicyclic) bond motifs is 1. The minimum Gasteiger partial charge on any atom is -0.462 e. The average Bonchev–Trinajstić information content (AvgIpc) is 3.27. The lowest BCUT2D eigenvalue weighted by Crippen LogP contribution is -2.29. The molecule has 3 heterocycles. The molecule has 1 saturated heterocycles. The van der Waals surface area contributed by atoms with Gasteiger partial charge in [0.2, 0.25) is 0 Å². The summed E-state index contributed by atoms with van der Waals surface area (Å²) >= 11 is 1.00. The van der Waals surface area contributed by atoms with Crippen molar-refractivity contribution >= 4 is 34.5 Å². The highest BCUT2D eigenvalue weighted by molar-refractivity contribution is 8.18. The molecule has 8 heteroatoms. The number of hydrogen-bond donors (Lipinski definition) is 0. The van der Waals surface area contributed by atoms with E-state index in [1.807, 2.05) is 12.3 Å². The van der Waals surface area contributed by atoms with Crippen molar-refractivity contribution in [2.45, 2.75) is 39.0 Å². The van der Waals surface area contributed by atoms with Crippen molar-refractivity contribution in [1.82, 2.24) is 14.3 Å². The molecule has 0 aliphatic carbocycles. The van der Waals surface area contributed by atoms with Crippen LogP contribution in [0.5, 0.6) is 0 Å². The van der Waals surface area contributed by atoms with Crippen LogP contribution in [0.15, 0.2) is 41.7 Å². The van der Waals surface area contributed by atoms with Crippen LogP contribution in [-0.2, 0) is 9.53 Å². The lowest BCUT2D eigenvalue weighted by molar-refractivity contribution is -0.122. The van der Waals surface area contributed by atoms with Gasteiger partial charge < -0.3 is 9.14 Å². The van der Waals surface area contributed by atoms with Crippen LogP contribution in [0.2, 0.25) is 0 Å². The van der Waals surface area contributed by atoms with E-state index in [0.717, 1.165) is 31.0 Å². The van der Waals surface area contributed by atoms with Crippen LogP contribution < -0.4 is 0 Å². The van der Waals surface area contributed by atoms with E-state index >= 15 is 0 Å². The van der Waals surface area contributed by atoms with E-state index < -0.39 is 5.97 Å². The third-order valence-corrected chi connectivity index (χ3v) is 5.37. The van der Waals surface area contributed by atoms with E-state index in [4.69, 9.17) is 4.74 Å². The third kappa shape index (κ3) is 4.62. The fourth-order valence-electron chi connectivity index (χ4n) is 2.89. The van der Waals surface area contributed by atoms with Gasteiger partial charge in [-0.3, -0.25) is 14.5 Å². The Bertz CT molecular complexity index is 906. The Morgan fingerprint density at radius 2 is 2.11 bits per heavy atom. The number of aromatic nitrogens is 2. The third-order valence-electron chi connectivity index (χ3n) is 4.41. The normalized spacial score (nSPS) is 15.8. The van der Waals surface area contributed by atoms with Gasteiger partial charge in [0.1, 0.15) is 5.56 Å². The number of unbranched alkanes of at least 4 members (excludes halogenated alkanes) is 3. The molecule has 28 heavy (non-hydrogen) atoms. The van der Waals surface area contributed by atoms with Gasteiger partial charge in [0, 0.05) is 25.1 Å². The number of imidazole rings is 1. The molecule has 1 aliphatic rings. The van der Waals surface area contributed by atoms with Gasteiger partial charge in [0.15, 0.2) is 5.65 Å². The minimum atomic E-state index is -0.429. The monoisotopic (exact) mass is 401 g/mol. The summed E-state index contributed by atoms with van der Waals surface area (Å²) in [6.07, 6.45) is 11.1. The van der Waals surface area contributed by atoms with E-state index in [-0.39, 0.29) is 17.8 Å². The number of hydrogen-bond acceptors (Lipinski definition) is 6. The van der Waals surface area contributed by atoms with Crippen LogP contribution in [0.25, 0.3) is 5.65 Å². The highest BCUT2D eigenvalue weighted by atomic mass is 32.2. The summed E-state index contributed by atoms with van der Waals surface area (Å²) in [5.41, 5.74) is 0.968. The molecule has 3 rings (SSSR count). The van der Waals surface area contributed by atoms with Crippen molar-refractivity contribution in [2.75, 3.05) is 13.2 Å². The first-order valence-electron chi connectivity index (χ1n) is 9.44. The standard InChI is InChI=1S/C20H23N3O4S/c1-2-3-4-9-16-18(24)23(20(26)28-16)12-5-6-14-27-19(25)15-8-7-11-22-13-10-21-17(15)22/h7-11,13H,2-6,12,14H2,1H3. The SMILES string of the molecule is CCCCC=C1SC(=O)N(CCCCOC(=O)c2cccn3ccnc23)C1=O. The maximum absolute atomic E-state index is 12.3. The molecule has 7 nitrogen and oxygen atoms in total. The number of esters is 1. The molecule has 0 bridgehead atoms. The maximum atomic E-state index is 12.3. The van der Waals surface area contributed by atoms with Gasteiger partial charge in [-0.2, -0.15) is 0 Å². The largest absolute Gasteiger partial charge is 0.462 e. The number of carbonyl (C=O) groups excluding carboxylic acids is 3. The maximum Gasteiger partial charge on any atom is 0.341 e. The van der Waals surface area contributed by atoms with Crippen molar-refractivity contribution in [3.8, 4) is 0 Å². The van der Waals surface area contributed by atoms with Gasteiger partial charge in [-0.1, -0.05) is 25.8 Å². The van der Waals surface area contributed by atoms with Crippen LogP contribution in [0.3, 0.4) is 0 Å². The number of thioether (sulfide) groups is 1. The molecule has 1 aliphatic heterocycles. The summed E-state index contributed by atoms with van der Waals surface area (Å²) in [5, 5.41) is -0.226. The summed E-state index contributed by atoms with van der Waals surface area (Å²) < 4.78 is 7.07. The number of amides is 2. The smallest absolute Gasteiger partial charge is 0.341 e. The zero-order valence-electron chi connectivity index (χ0n) is 15.8. The first-order valence-corrected chi connectivity index (χ1v) is 10.3. The first-order chi connectivity index (χ1) is 13.6. The number of allylic oxidation sites excluding steroid dienone is 1. The fourth-order valence-corrected chi connectivity index (χ4v) is 3.76. The quantitative estimate of drug-likeness (QED) is 0.358. The molecule has 0 saturated carbocycles. The highest BCUT2D eigenvalue weighted by Crippen LogP contribution is 2.31. The van der Waals surface area contributed by atoms with Crippen LogP contribution in [-0.4, -0.2) is 44.6 Å². The number of pyridine rings is 1. The summed E-state index contributed by atoms with van der Waals surface area (Å²) in [5.74, 6) is -0.643. The summed E-state index contributed by atoms with van der Waals surface area (Å²) in [6, 6.07) is 3.44. The van der Waals surface area contributed by atoms with Crippen molar-refractivity contribution < 1.29 is 19.1 Å². The molecule has 2 aromatic rings. The fraction of sp³-hybridized carbons (Fsp3) is 0.400. The predicted molar refractivity (Wildman–Crippen MR) is 107 cm³/mol. The second kappa shape index (κ2) is 9.54. The number of nitrogens with zero attached hydrogens (tertiary/aromatic N) is 3. The van der Waals surface area contributed by atoms with Gasteiger partial charge >= 0.3 is 5.97 Å². The number of imide groups is 1. The summed E-state index contributed by atoms with van der Waals surface area (Å²) in [4.78, 5) is 42.5. The van der Waals surface area contributed by atoms with E-state index in [1.165, 1.54) is 4.90 Å². The Labute approximate surface area is 167 Å².